The Balaban J connectivity index is 2.09. The Kier molecular flexibility index (Phi) is 2.76. The first-order valence-electron chi connectivity index (χ1n) is 4.67. The Morgan fingerprint density at radius 1 is 1.46 bits per heavy atom. The van der Waals surface area contributed by atoms with E-state index in [9.17, 15) is 0 Å². The van der Waals surface area contributed by atoms with E-state index in [4.69, 9.17) is 0 Å². The second-order valence-corrected chi connectivity index (χ2v) is 4.27. The summed E-state index contributed by atoms with van der Waals surface area (Å²) in [6.45, 7) is 4.29. The summed E-state index contributed by atoms with van der Waals surface area (Å²) < 4.78 is 0. The molecule has 1 fully saturated rings. The number of nitrogens with zero attached hydrogens (tertiary/aromatic N) is 1. The zero-order chi connectivity index (χ0) is 9.10. The van der Waals surface area contributed by atoms with Gasteiger partial charge in [-0.2, -0.15) is 0 Å². The van der Waals surface area contributed by atoms with Crippen LogP contribution < -0.4 is 5.32 Å². The van der Waals surface area contributed by atoms with Crippen LogP contribution in [-0.4, -0.2) is 18.1 Å². The van der Waals surface area contributed by atoms with Crippen molar-refractivity contribution in [1.29, 1.82) is 0 Å². The summed E-state index contributed by atoms with van der Waals surface area (Å²) in [7, 11) is 0. The molecule has 1 aromatic rings. The number of hydrogen-bond acceptors (Lipinski definition) is 3. The summed E-state index contributed by atoms with van der Waals surface area (Å²) in [6, 6.07) is 0. The van der Waals surface area contributed by atoms with Crippen LogP contribution in [0.5, 0.6) is 0 Å². The SMILES string of the molecule is Cc1csc(C=C2CCNCC2)n1. The third-order valence-corrected chi connectivity index (χ3v) is 3.12. The van der Waals surface area contributed by atoms with E-state index >= 15 is 0 Å². The summed E-state index contributed by atoms with van der Waals surface area (Å²) in [5, 5.41) is 6.61. The molecule has 1 saturated heterocycles. The van der Waals surface area contributed by atoms with Crippen LogP contribution >= 0.6 is 11.3 Å². The summed E-state index contributed by atoms with van der Waals surface area (Å²) in [5.74, 6) is 0. The summed E-state index contributed by atoms with van der Waals surface area (Å²) >= 11 is 1.74. The van der Waals surface area contributed by atoms with Crippen LogP contribution in [0.1, 0.15) is 23.5 Å². The van der Waals surface area contributed by atoms with E-state index < -0.39 is 0 Å². The third-order valence-electron chi connectivity index (χ3n) is 2.21. The topological polar surface area (TPSA) is 24.9 Å². The van der Waals surface area contributed by atoms with E-state index in [1.165, 1.54) is 18.4 Å². The third kappa shape index (κ3) is 2.39. The van der Waals surface area contributed by atoms with Gasteiger partial charge in [-0.1, -0.05) is 5.57 Å². The van der Waals surface area contributed by atoms with Gasteiger partial charge in [0, 0.05) is 11.1 Å². The van der Waals surface area contributed by atoms with Gasteiger partial charge in [-0.3, -0.25) is 0 Å². The Morgan fingerprint density at radius 3 is 2.85 bits per heavy atom. The Bertz CT molecular complexity index is 306. The van der Waals surface area contributed by atoms with Crippen molar-refractivity contribution in [3.05, 3.63) is 21.7 Å². The number of aromatic nitrogens is 1. The fourth-order valence-corrected chi connectivity index (χ4v) is 2.28. The quantitative estimate of drug-likeness (QED) is 0.741. The fourth-order valence-electron chi connectivity index (χ4n) is 1.51. The van der Waals surface area contributed by atoms with Crippen molar-refractivity contribution < 1.29 is 0 Å². The molecule has 0 aromatic carbocycles. The van der Waals surface area contributed by atoms with Gasteiger partial charge in [0.05, 0.1) is 0 Å². The number of aryl methyl sites for hydroxylation is 1. The molecule has 3 heteroatoms. The molecule has 2 rings (SSSR count). The van der Waals surface area contributed by atoms with Crippen molar-refractivity contribution >= 4 is 17.4 Å². The van der Waals surface area contributed by atoms with E-state index in [1.54, 1.807) is 11.3 Å². The van der Waals surface area contributed by atoms with Crippen LogP contribution in [0.2, 0.25) is 0 Å². The van der Waals surface area contributed by atoms with Gasteiger partial charge in [0.2, 0.25) is 0 Å². The summed E-state index contributed by atoms with van der Waals surface area (Å²) in [4.78, 5) is 4.43. The lowest BCUT2D eigenvalue weighted by atomic mass is 10.1. The predicted molar refractivity (Wildman–Crippen MR) is 56.9 cm³/mol. The molecular formula is C10H14N2S. The van der Waals surface area contributed by atoms with Gasteiger partial charge in [0.25, 0.3) is 0 Å². The van der Waals surface area contributed by atoms with Crippen LogP contribution in [0.25, 0.3) is 6.08 Å². The molecule has 2 heterocycles. The molecule has 0 spiro atoms. The monoisotopic (exact) mass is 194 g/mol. The molecule has 1 aromatic heterocycles. The van der Waals surface area contributed by atoms with Crippen molar-refractivity contribution in [2.24, 2.45) is 0 Å². The van der Waals surface area contributed by atoms with Crippen LogP contribution in [0.4, 0.5) is 0 Å². The van der Waals surface area contributed by atoms with E-state index in [1.807, 2.05) is 6.92 Å². The molecule has 0 unspecified atom stereocenters. The van der Waals surface area contributed by atoms with E-state index in [0.29, 0.717) is 0 Å². The van der Waals surface area contributed by atoms with E-state index in [0.717, 1.165) is 23.8 Å². The lowest BCUT2D eigenvalue weighted by Gasteiger charge is -2.14. The minimum atomic E-state index is 1.12. The van der Waals surface area contributed by atoms with Crippen molar-refractivity contribution in [1.82, 2.24) is 10.3 Å². The molecule has 0 amide bonds. The Hall–Kier alpha value is -0.670. The average Bonchev–Trinajstić information content (AvgIpc) is 2.53. The standard InChI is InChI=1S/C10H14N2S/c1-8-7-13-10(12-8)6-9-2-4-11-5-3-9/h6-7,11H,2-5H2,1H3. The Labute approximate surface area is 82.7 Å². The van der Waals surface area contributed by atoms with Gasteiger partial charge in [0.1, 0.15) is 5.01 Å². The molecule has 2 nitrogen and oxygen atoms in total. The minimum absolute atomic E-state index is 1.12. The van der Waals surface area contributed by atoms with Gasteiger partial charge in [-0.25, -0.2) is 4.98 Å². The van der Waals surface area contributed by atoms with Crippen LogP contribution in [0, 0.1) is 6.92 Å². The van der Waals surface area contributed by atoms with Gasteiger partial charge < -0.3 is 5.32 Å². The average molecular weight is 194 g/mol. The molecule has 0 bridgehead atoms. The van der Waals surface area contributed by atoms with Crippen molar-refractivity contribution in [3.63, 3.8) is 0 Å². The first-order valence-corrected chi connectivity index (χ1v) is 5.55. The highest BCUT2D eigenvalue weighted by Crippen LogP contribution is 2.17. The number of thiazole rings is 1. The molecule has 0 aliphatic carbocycles. The Morgan fingerprint density at radius 2 is 2.23 bits per heavy atom. The lowest BCUT2D eigenvalue weighted by molar-refractivity contribution is 0.613. The second kappa shape index (κ2) is 4.03. The molecule has 13 heavy (non-hydrogen) atoms. The molecule has 0 saturated carbocycles. The fraction of sp³-hybridized carbons (Fsp3) is 0.500. The molecular weight excluding hydrogens is 180 g/mol. The molecule has 70 valence electrons. The van der Waals surface area contributed by atoms with Crippen LogP contribution in [0.15, 0.2) is 11.0 Å². The molecule has 1 aliphatic heterocycles. The first kappa shape index (κ1) is 8.91. The van der Waals surface area contributed by atoms with Gasteiger partial charge in [0.15, 0.2) is 0 Å². The summed E-state index contributed by atoms with van der Waals surface area (Å²) in [6.07, 6.45) is 4.61. The maximum absolute atomic E-state index is 4.43. The normalized spacial score (nSPS) is 17.5. The summed E-state index contributed by atoms with van der Waals surface area (Å²) in [5.41, 5.74) is 2.67. The predicted octanol–water partition coefficient (Wildman–Crippen LogP) is 2.22. The van der Waals surface area contributed by atoms with E-state index in [-0.39, 0.29) is 0 Å². The molecule has 1 N–H and O–H groups in total. The van der Waals surface area contributed by atoms with Crippen LogP contribution in [-0.2, 0) is 0 Å². The lowest BCUT2D eigenvalue weighted by Crippen LogP contribution is -2.22. The first-order chi connectivity index (χ1) is 6.34. The maximum Gasteiger partial charge on any atom is 0.116 e. The highest BCUT2D eigenvalue weighted by molar-refractivity contribution is 7.10. The molecule has 0 radical (unpaired) electrons. The number of rotatable bonds is 1. The smallest absolute Gasteiger partial charge is 0.116 e. The molecule has 1 aliphatic rings. The molecule has 0 atom stereocenters. The van der Waals surface area contributed by atoms with E-state index in [2.05, 4.69) is 21.8 Å². The number of piperidine rings is 1. The zero-order valence-electron chi connectivity index (χ0n) is 7.84. The second-order valence-electron chi connectivity index (χ2n) is 3.38. The largest absolute Gasteiger partial charge is 0.316 e. The van der Waals surface area contributed by atoms with Crippen molar-refractivity contribution in [2.75, 3.05) is 13.1 Å². The van der Waals surface area contributed by atoms with Gasteiger partial charge >= 0.3 is 0 Å². The zero-order valence-corrected chi connectivity index (χ0v) is 8.66. The number of hydrogen-bond donors (Lipinski definition) is 1. The van der Waals surface area contributed by atoms with Crippen molar-refractivity contribution in [3.8, 4) is 0 Å². The van der Waals surface area contributed by atoms with Gasteiger partial charge in [-0.15, -0.1) is 11.3 Å². The maximum atomic E-state index is 4.43. The number of nitrogens with one attached hydrogen (secondary N) is 1. The van der Waals surface area contributed by atoms with Crippen LogP contribution in [0.3, 0.4) is 0 Å². The highest BCUT2D eigenvalue weighted by Gasteiger charge is 2.05. The minimum Gasteiger partial charge on any atom is -0.316 e. The van der Waals surface area contributed by atoms with Crippen molar-refractivity contribution in [2.45, 2.75) is 19.8 Å². The van der Waals surface area contributed by atoms with Gasteiger partial charge in [-0.05, 0) is 38.9 Å². The highest BCUT2D eigenvalue weighted by atomic mass is 32.1.